The average molecular weight is 272 g/mol. The molecule has 0 amide bonds. The molecule has 0 saturated carbocycles. The van der Waals surface area contributed by atoms with Crippen molar-refractivity contribution in [3.8, 4) is 5.88 Å². The summed E-state index contributed by atoms with van der Waals surface area (Å²) in [5.41, 5.74) is 1.27. The minimum Gasteiger partial charge on any atom is -0.477 e. The molecular formula is C15H20N4O. The van der Waals surface area contributed by atoms with Gasteiger partial charge in [0.05, 0.1) is 19.0 Å². The van der Waals surface area contributed by atoms with E-state index in [1.807, 2.05) is 24.5 Å². The number of anilines is 1. The average Bonchev–Trinajstić information content (AvgIpc) is 2.44. The zero-order valence-corrected chi connectivity index (χ0v) is 11.9. The summed E-state index contributed by atoms with van der Waals surface area (Å²) < 4.78 is 5.62. The van der Waals surface area contributed by atoms with Gasteiger partial charge in [-0.1, -0.05) is 0 Å². The van der Waals surface area contributed by atoms with Gasteiger partial charge in [0.15, 0.2) is 0 Å². The Bertz CT molecular complexity index is 516. The van der Waals surface area contributed by atoms with E-state index < -0.39 is 0 Å². The Balaban J connectivity index is 1.76. The van der Waals surface area contributed by atoms with Crippen molar-refractivity contribution in [2.75, 3.05) is 11.9 Å². The molecule has 0 spiro atoms. The third-order valence-corrected chi connectivity index (χ3v) is 2.66. The predicted molar refractivity (Wildman–Crippen MR) is 78.8 cm³/mol. The van der Waals surface area contributed by atoms with Gasteiger partial charge in [0.1, 0.15) is 5.82 Å². The van der Waals surface area contributed by atoms with Crippen LogP contribution in [0.4, 0.5) is 5.82 Å². The summed E-state index contributed by atoms with van der Waals surface area (Å²) in [6, 6.07) is 4.37. The van der Waals surface area contributed by atoms with Gasteiger partial charge in [-0.25, -0.2) is 0 Å². The summed E-state index contributed by atoms with van der Waals surface area (Å²) in [7, 11) is 0. The van der Waals surface area contributed by atoms with Crippen LogP contribution in [0.1, 0.15) is 25.8 Å². The second kappa shape index (κ2) is 7.43. The van der Waals surface area contributed by atoms with Gasteiger partial charge in [0, 0.05) is 18.4 Å². The monoisotopic (exact) mass is 272 g/mol. The quantitative estimate of drug-likeness (QED) is 0.785. The third kappa shape index (κ3) is 4.84. The van der Waals surface area contributed by atoms with Crippen molar-refractivity contribution in [2.45, 2.75) is 32.7 Å². The summed E-state index contributed by atoms with van der Waals surface area (Å²) in [6.07, 6.45) is 8.86. The number of nitrogens with one attached hydrogen (secondary N) is 1. The van der Waals surface area contributed by atoms with Crippen LogP contribution in [0, 0.1) is 0 Å². The zero-order chi connectivity index (χ0) is 14.2. The van der Waals surface area contributed by atoms with Crippen molar-refractivity contribution in [1.29, 1.82) is 0 Å². The molecule has 0 radical (unpaired) electrons. The van der Waals surface area contributed by atoms with Crippen LogP contribution in [0.3, 0.4) is 0 Å². The standard InChI is InChI=1S/C15H20N4O/c1-12(2)18-14-10-17-11-15(19-14)20-9-3-4-13-5-7-16-8-6-13/h5-8,10-12H,3-4,9H2,1-2H3,(H,18,19). The van der Waals surface area contributed by atoms with Gasteiger partial charge < -0.3 is 10.1 Å². The van der Waals surface area contributed by atoms with Crippen molar-refractivity contribution < 1.29 is 4.74 Å². The maximum absolute atomic E-state index is 5.62. The number of aromatic nitrogens is 3. The molecule has 106 valence electrons. The van der Waals surface area contributed by atoms with Crippen LogP contribution in [-0.2, 0) is 6.42 Å². The molecule has 2 aromatic heterocycles. The van der Waals surface area contributed by atoms with E-state index in [1.54, 1.807) is 12.4 Å². The van der Waals surface area contributed by atoms with E-state index >= 15 is 0 Å². The lowest BCUT2D eigenvalue weighted by atomic mass is 10.1. The molecule has 5 nitrogen and oxygen atoms in total. The molecule has 0 aliphatic rings. The van der Waals surface area contributed by atoms with Crippen molar-refractivity contribution in [2.24, 2.45) is 0 Å². The first kappa shape index (κ1) is 14.2. The fourth-order valence-corrected chi connectivity index (χ4v) is 1.79. The van der Waals surface area contributed by atoms with Gasteiger partial charge in [0.25, 0.3) is 0 Å². The van der Waals surface area contributed by atoms with Crippen molar-refractivity contribution >= 4 is 5.82 Å². The normalized spacial score (nSPS) is 10.6. The van der Waals surface area contributed by atoms with E-state index in [1.165, 1.54) is 5.56 Å². The Labute approximate surface area is 119 Å². The van der Waals surface area contributed by atoms with Crippen molar-refractivity contribution in [3.05, 3.63) is 42.5 Å². The van der Waals surface area contributed by atoms with Crippen LogP contribution in [0.25, 0.3) is 0 Å². The van der Waals surface area contributed by atoms with E-state index in [0.29, 0.717) is 18.5 Å². The Kier molecular flexibility index (Phi) is 5.29. The molecule has 0 unspecified atom stereocenters. The summed E-state index contributed by atoms with van der Waals surface area (Å²) in [5, 5.41) is 3.20. The second-order valence-electron chi connectivity index (χ2n) is 4.85. The molecule has 0 atom stereocenters. The first-order valence-corrected chi connectivity index (χ1v) is 6.84. The maximum atomic E-state index is 5.62. The lowest BCUT2D eigenvalue weighted by Crippen LogP contribution is -2.12. The van der Waals surface area contributed by atoms with E-state index in [4.69, 9.17) is 4.74 Å². The summed E-state index contributed by atoms with van der Waals surface area (Å²) in [4.78, 5) is 12.5. The number of hydrogen-bond acceptors (Lipinski definition) is 5. The number of rotatable bonds is 7. The summed E-state index contributed by atoms with van der Waals surface area (Å²) in [5.74, 6) is 1.30. The number of ether oxygens (including phenoxy) is 1. The molecule has 2 aromatic rings. The lowest BCUT2D eigenvalue weighted by Gasteiger charge is -2.10. The number of aryl methyl sites for hydroxylation is 1. The first-order chi connectivity index (χ1) is 9.74. The van der Waals surface area contributed by atoms with Crippen LogP contribution in [0.15, 0.2) is 36.9 Å². The highest BCUT2D eigenvalue weighted by Crippen LogP contribution is 2.10. The Morgan fingerprint density at radius 3 is 2.70 bits per heavy atom. The molecule has 2 rings (SSSR count). The molecule has 1 N–H and O–H groups in total. The van der Waals surface area contributed by atoms with E-state index in [0.717, 1.165) is 18.7 Å². The van der Waals surface area contributed by atoms with Crippen molar-refractivity contribution in [1.82, 2.24) is 15.0 Å². The van der Waals surface area contributed by atoms with E-state index in [2.05, 4.69) is 34.1 Å². The largest absolute Gasteiger partial charge is 0.477 e. The Morgan fingerprint density at radius 1 is 1.15 bits per heavy atom. The molecule has 5 heteroatoms. The fourth-order valence-electron chi connectivity index (χ4n) is 1.79. The molecule has 0 bridgehead atoms. The van der Waals surface area contributed by atoms with Gasteiger partial charge in [0.2, 0.25) is 5.88 Å². The van der Waals surface area contributed by atoms with Crippen molar-refractivity contribution in [3.63, 3.8) is 0 Å². The minimum absolute atomic E-state index is 0.325. The highest BCUT2D eigenvalue weighted by Gasteiger charge is 2.01. The fraction of sp³-hybridized carbons (Fsp3) is 0.400. The van der Waals surface area contributed by atoms with Crippen LogP contribution in [0.5, 0.6) is 5.88 Å². The Morgan fingerprint density at radius 2 is 1.95 bits per heavy atom. The molecule has 20 heavy (non-hydrogen) atoms. The second-order valence-corrected chi connectivity index (χ2v) is 4.85. The highest BCUT2D eigenvalue weighted by atomic mass is 16.5. The SMILES string of the molecule is CC(C)Nc1cncc(OCCCc2ccncc2)n1. The molecular weight excluding hydrogens is 252 g/mol. The molecule has 0 aliphatic carbocycles. The zero-order valence-electron chi connectivity index (χ0n) is 11.9. The molecule has 0 saturated heterocycles. The van der Waals surface area contributed by atoms with Crippen LogP contribution < -0.4 is 10.1 Å². The minimum atomic E-state index is 0.325. The van der Waals surface area contributed by atoms with Crippen LogP contribution in [0.2, 0.25) is 0 Å². The van der Waals surface area contributed by atoms with Gasteiger partial charge in [-0.05, 0) is 44.4 Å². The lowest BCUT2D eigenvalue weighted by molar-refractivity contribution is 0.298. The highest BCUT2D eigenvalue weighted by molar-refractivity contribution is 5.33. The molecule has 0 aliphatic heterocycles. The molecule has 2 heterocycles. The predicted octanol–water partition coefficient (Wildman–Crippen LogP) is 2.70. The maximum Gasteiger partial charge on any atom is 0.234 e. The van der Waals surface area contributed by atoms with Crippen LogP contribution in [-0.4, -0.2) is 27.6 Å². The number of pyridine rings is 1. The van der Waals surface area contributed by atoms with Gasteiger partial charge in [-0.3, -0.25) is 9.97 Å². The Hall–Kier alpha value is -2.17. The van der Waals surface area contributed by atoms with Gasteiger partial charge in [-0.15, -0.1) is 0 Å². The summed E-state index contributed by atoms with van der Waals surface area (Å²) >= 11 is 0. The topological polar surface area (TPSA) is 59.9 Å². The van der Waals surface area contributed by atoms with E-state index in [-0.39, 0.29) is 0 Å². The van der Waals surface area contributed by atoms with E-state index in [9.17, 15) is 0 Å². The van der Waals surface area contributed by atoms with Crippen LogP contribution >= 0.6 is 0 Å². The summed E-state index contributed by atoms with van der Waals surface area (Å²) in [6.45, 7) is 4.75. The van der Waals surface area contributed by atoms with Gasteiger partial charge >= 0.3 is 0 Å². The first-order valence-electron chi connectivity index (χ1n) is 6.84. The number of nitrogens with zero attached hydrogens (tertiary/aromatic N) is 3. The molecule has 0 aromatic carbocycles. The molecule has 0 fully saturated rings. The van der Waals surface area contributed by atoms with Gasteiger partial charge in [-0.2, -0.15) is 4.98 Å². The smallest absolute Gasteiger partial charge is 0.234 e. The number of hydrogen-bond donors (Lipinski definition) is 1. The third-order valence-electron chi connectivity index (χ3n) is 2.66.